The molecule has 2 atom stereocenters. The van der Waals surface area contributed by atoms with Crippen molar-refractivity contribution >= 4 is 17.5 Å². The molecule has 0 aliphatic heterocycles. The van der Waals surface area contributed by atoms with Crippen LogP contribution in [-0.2, 0) is 4.79 Å². The first-order chi connectivity index (χ1) is 15.2. The summed E-state index contributed by atoms with van der Waals surface area (Å²) in [6.07, 6.45) is 0. The maximum absolute atomic E-state index is 13.5. The highest BCUT2D eigenvalue weighted by Gasteiger charge is 2.31. The molecule has 2 unspecified atom stereocenters. The smallest absolute Gasteiger partial charge is 0.263 e. The predicted octanol–water partition coefficient (Wildman–Crippen LogP) is 6.48. The number of carbonyl (C=O) groups excluding carboxylic acids is 1. The van der Waals surface area contributed by atoms with Gasteiger partial charge in [-0.3, -0.25) is 4.79 Å². The predicted molar refractivity (Wildman–Crippen MR) is 123 cm³/mol. The minimum absolute atomic E-state index is 0.000362. The fourth-order valence-electron chi connectivity index (χ4n) is 3.58. The lowest BCUT2D eigenvalue weighted by Crippen LogP contribution is -2.47. The summed E-state index contributed by atoms with van der Waals surface area (Å²) in [7, 11) is 0. The van der Waals surface area contributed by atoms with Gasteiger partial charge in [0, 0.05) is 23.6 Å². The van der Waals surface area contributed by atoms with Crippen LogP contribution in [0.3, 0.4) is 0 Å². The molecular formula is C26H26ClF2NO2. The Morgan fingerprint density at radius 1 is 0.969 bits per heavy atom. The van der Waals surface area contributed by atoms with Crippen LogP contribution in [0.15, 0.2) is 72.8 Å². The molecule has 0 aliphatic carbocycles. The third kappa shape index (κ3) is 5.86. The Morgan fingerprint density at radius 2 is 1.62 bits per heavy atom. The van der Waals surface area contributed by atoms with Crippen LogP contribution in [0, 0.1) is 11.6 Å². The van der Waals surface area contributed by atoms with Crippen molar-refractivity contribution in [2.75, 3.05) is 6.54 Å². The van der Waals surface area contributed by atoms with Gasteiger partial charge < -0.3 is 10.1 Å². The molecule has 1 N–H and O–H groups in total. The Morgan fingerprint density at radius 3 is 2.25 bits per heavy atom. The second-order valence-electron chi connectivity index (χ2n) is 8.26. The SMILES string of the molecule is CC(c1ccc(Cl)cc1)C(CNC(=O)C(C)(C)Oc1ccc(F)c(F)c1)c1ccccc1. The van der Waals surface area contributed by atoms with E-state index < -0.39 is 17.2 Å². The molecule has 3 aromatic rings. The molecule has 0 spiro atoms. The molecule has 0 saturated carbocycles. The number of hydrogen-bond donors (Lipinski definition) is 1. The summed E-state index contributed by atoms with van der Waals surface area (Å²) in [5.41, 5.74) is 0.916. The normalized spacial score (nSPS) is 13.3. The number of ether oxygens (including phenoxy) is 1. The molecule has 3 rings (SSSR count). The minimum Gasteiger partial charge on any atom is -0.478 e. The second kappa shape index (κ2) is 10.1. The molecule has 168 valence electrons. The fraction of sp³-hybridized carbons (Fsp3) is 0.269. The van der Waals surface area contributed by atoms with Crippen LogP contribution in [0.25, 0.3) is 0 Å². The molecule has 0 aromatic heterocycles. The number of hydrogen-bond acceptors (Lipinski definition) is 2. The number of halogens is 3. The average Bonchev–Trinajstić information content (AvgIpc) is 2.77. The maximum Gasteiger partial charge on any atom is 0.263 e. The van der Waals surface area contributed by atoms with Crippen LogP contribution >= 0.6 is 11.6 Å². The molecule has 0 radical (unpaired) electrons. The average molecular weight is 458 g/mol. The van der Waals surface area contributed by atoms with E-state index in [1.54, 1.807) is 13.8 Å². The van der Waals surface area contributed by atoms with Crippen LogP contribution in [0.1, 0.15) is 43.7 Å². The van der Waals surface area contributed by atoms with E-state index in [9.17, 15) is 13.6 Å². The summed E-state index contributed by atoms with van der Waals surface area (Å²) in [6, 6.07) is 20.8. The van der Waals surface area contributed by atoms with Crippen molar-refractivity contribution < 1.29 is 18.3 Å². The molecule has 3 nitrogen and oxygen atoms in total. The quantitative estimate of drug-likeness (QED) is 0.420. The van der Waals surface area contributed by atoms with Gasteiger partial charge in [0.15, 0.2) is 17.2 Å². The van der Waals surface area contributed by atoms with Gasteiger partial charge >= 0.3 is 0 Å². The molecular weight excluding hydrogens is 432 g/mol. The number of rotatable bonds is 8. The highest BCUT2D eigenvalue weighted by molar-refractivity contribution is 6.30. The molecule has 3 aromatic carbocycles. The Bertz CT molecular complexity index is 1060. The zero-order valence-corrected chi connectivity index (χ0v) is 19.0. The molecule has 0 saturated heterocycles. The third-order valence-electron chi connectivity index (χ3n) is 5.52. The van der Waals surface area contributed by atoms with Gasteiger partial charge in [0.1, 0.15) is 5.75 Å². The van der Waals surface area contributed by atoms with Crippen molar-refractivity contribution in [1.82, 2.24) is 5.32 Å². The van der Waals surface area contributed by atoms with E-state index in [0.29, 0.717) is 11.6 Å². The number of carbonyl (C=O) groups is 1. The summed E-state index contributed by atoms with van der Waals surface area (Å²) in [5.74, 6) is -2.17. The van der Waals surface area contributed by atoms with Crippen molar-refractivity contribution in [1.29, 1.82) is 0 Å². The molecule has 0 aliphatic rings. The minimum atomic E-state index is -1.28. The summed E-state index contributed by atoms with van der Waals surface area (Å²) >= 11 is 6.04. The monoisotopic (exact) mass is 457 g/mol. The van der Waals surface area contributed by atoms with Gasteiger partial charge in [0.25, 0.3) is 5.91 Å². The van der Waals surface area contributed by atoms with E-state index in [2.05, 4.69) is 12.2 Å². The second-order valence-corrected chi connectivity index (χ2v) is 8.69. The first-order valence-electron chi connectivity index (χ1n) is 10.4. The van der Waals surface area contributed by atoms with E-state index >= 15 is 0 Å². The topological polar surface area (TPSA) is 38.3 Å². The van der Waals surface area contributed by atoms with Gasteiger partial charge in [-0.2, -0.15) is 0 Å². The van der Waals surface area contributed by atoms with Gasteiger partial charge in [-0.15, -0.1) is 0 Å². The summed E-state index contributed by atoms with van der Waals surface area (Å²) in [4.78, 5) is 12.9. The lowest BCUT2D eigenvalue weighted by molar-refractivity contribution is -0.134. The first kappa shape index (κ1) is 23.7. The zero-order chi connectivity index (χ0) is 23.3. The van der Waals surface area contributed by atoms with Gasteiger partial charge in [-0.1, -0.05) is 61.0 Å². The summed E-state index contributed by atoms with van der Waals surface area (Å²) in [5, 5.41) is 3.64. The van der Waals surface area contributed by atoms with E-state index in [0.717, 1.165) is 23.3 Å². The summed E-state index contributed by atoms with van der Waals surface area (Å²) < 4.78 is 32.4. The maximum atomic E-state index is 13.5. The number of nitrogens with one attached hydrogen (secondary N) is 1. The Balaban J connectivity index is 1.75. The van der Waals surface area contributed by atoms with E-state index in [4.69, 9.17) is 16.3 Å². The van der Waals surface area contributed by atoms with Gasteiger partial charge in [0.05, 0.1) is 0 Å². The van der Waals surface area contributed by atoms with Gasteiger partial charge in [0.2, 0.25) is 0 Å². The van der Waals surface area contributed by atoms with Crippen molar-refractivity contribution in [3.05, 3.63) is 101 Å². The Kier molecular flexibility index (Phi) is 7.52. The number of amides is 1. The van der Waals surface area contributed by atoms with Crippen molar-refractivity contribution in [2.45, 2.75) is 38.2 Å². The third-order valence-corrected chi connectivity index (χ3v) is 5.77. The van der Waals surface area contributed by atoms with Crippen LogP contribution in [0.2, 0.25) is 5.02 Å². The lowest BCUT2D eigenvalue weighted by atomic mass is 9.82. The lowest BCUT2D eigenvalue weighted by Gasteiger charge is -2.29. The van der Waals surface area contributed by atoms with Crippen LogP contribution in [-0.4, -0.2) is 18.1 Å². The molecule has 32 heavy (non-hydrogen) atoms. The zero-order valence-electron chi connectivity index (χ0n) is 18.2. The van der Waals surface area contributed by atoms with Gasteiger partial charge in [-0.05, 0) is 55.2 Å². The molecule has 6 heteroatoms. The van der Waals surface area contributed by atoms with Crippen molar-refractivity contribution in [3.63, 3.8) is 0 Å². The molecule has 0 bridgehead atoms. The van der Waals surface area contributed by atoms with Gasteiger partial charge in [-0.25, -0.2) is 8.78 Å². The highest BCUT2D eigenvalue weighted by atomic mass is 35.5. The molecule has 0 heterocycles. The molecule has 0 fully saturated rings. The fourth-order valence-corrected chi connectivity index (χ4v) is 3.71. The van der Waals surface area contributed by atoms with Crippen LogP contribution < -0.4 is 10.1 Å². The van der Waals surface area contributed by atoms with E-state index in [-0.39, 0.29) is 23.5 Å². The molecule has 1 amide bonds. The standard InChI is InChI=1S/C26H26ClF2NO2/c1-17(18-9-11-20(27)12-10-18)22(19-7-5-4-6-8-19)16-30-25(31)26(2,3)32-21-13-14-23(28)24(29)15-21/h4-15,17,22H,16H2,1-3H3,(H,30,31). The van der Waals surface area contributed by atoms with E-state index in [1.165, 1.54) is 6.07 Å². The van der Waals surface area contributed by atoms with Crippen LogP contribution in [0.5, 0.6) is 5.75 Å². The summed E-state index contributed by atoms with van der Waals surface area (Å²) in [6.45, 7) is 5.65. The first-order valence-corrected chi connectivity index (χ1v) is 10.8. The Hall–Kier alpha value is -2.92. The van der Waals surface area contributed by atoms with Crippen molar-refractivity contribution in [2.24, 2.45) is 0 Å². The Labute approximate surface area is 192 Å². The number of benzene rings is 3. The largest absolute Gasteiger partial charge is 0.478 e. The van der Waals surface area contributed by atoms with Crippen LogP contribution in [0.4, 0.5) is 8.78 Å². The highest BCUT2D eigenvalue weighted by Crippen LogP contribution is 2.33. The van der Waals surface area contributed by atoms with E-state index in [1.807, 2.05) is 54.6 Å². The van der Waals surface area contributed by atoms with Crippen molar-refractivity contribution in [3.8, 4) is 5.75 Å².